The Morgan fingerprint density at radius 2 is 2.24 bits per heavy atom. The Morgan fingerprint density at radius 1 is 1.48 bits per heavy atom. The Kier molecular flexibility index (Phi) is 4.68. The van der Waals surface area contributed by atoms with Crippen molar-refractivity contribution in [2.45, 2.75) is 26.8 Å². The van der Waals surface area contributed by atoms with Gasteiger partial charge in [0.1, 0.15) is 5.75 Å². The fraction of sp³-hybridized carbons (Fsp3) is 0.471. The van der Waals surface area contributed by atoms with Gasteiger partial charge in [-0.05, 0) is 42.2 Å². The number of methoxy groups -OCH3 is 1. The van der Waals surface area contributed by atoms with E-state index in [0.29, 0.717) is 5.41 Å². The Morgan fingerprint density at radius 3 is 2.81 bits per heavy atom. The van der Waals surface area contributed by atoms with Crippen LogP contribution in [0.5, 0.6) is 5.75 Å². The number of hydrogen-bond donors (Lipinski definition) is 1. The van der Waals surface area contributed by atoms with Gasteiger partial charge in [0.15, 0.2) is 0 Å². The minimum atomic E-state index is -0.936. The van der Waals surface area contributed by atoms with Crippen LogP contribution in [0.3, 0.4) is 0 Å². The number of ether oxygens (including phenoxy) is 1. The summed E-state index contributed by atoms with van der Waals surface area (Å²) in [5.41, 5.74) is 2.35. The normalized spacial score (nSPS) is 18.2. The summed E-state index contributed by atoms with van der Waals surface area (Å²) in [7, 11) is 1.67. The van der Waals surface area contributed by atoms with Gasteiger partial charge >= 0.3 is 5.97 Å². The van der Waals surface area contributed by atoms with Gasteiger partial charge in [0.25, 0.3) is 0 Å². The van der Waals surface area contributed by atoms with E-state index in [4.69, 9.17) is 9.84 Å². The second-order valence-corrected chi connectivity index (χ2v) is 6.37. The maximum Gasteiger partial charge on any atom is 0.328 e. The third kappa shape index (κ3) is 4.33. The first-order chi connectivity index (χ1) is 9.89. The van der Waals surface area contributed by atoms with Crippen molar-refractivity contribution in [1.29, 1.82) is 0 Å². The molecule has 0 bridgehead atoms. The van der Waals surface area contributed by atoms with Gasteiger partial charge in [0.05, 0.1) is 7.11 Å². The molecule has 2 rings (SSSR count). The van der Waals surface area contributed by atoms with Gasteiger partial charge in [0, 0.05) is 24.7 Å². The van der Waals surface area contributed by atoms with E-state index in [0.717, 1.165) is 42.6 Å². The molecule has 0 atom stereocenters. The lowest BCUT2D eigenvalue weighted by Gasteiger charge is -2.21. The highest BCUT2D eigenvalue weighted by Gasteiger charge is 2.29. The number of aliphatic carboxylic acids is 1. The number of rotatable bonds is 5. The summed E-state index contributed by atoms with van der Waals surface area (Å²) in [6.07, 6.45) is 3.97. The third-order valence-corrected chi connectivity index (χ3v) is 3.87. The molecule has 1 fully saturated rings. The second kappa shape index (κ2) is 6.31. The first kappa shape index (κ1) is 15.6. The molecule has 4 nitrogen and oxygen atoms in total. The molecule has 1 saturated heterocycles. The predicted octanol–water partition coefficient (Wildman–Crippen LogP) is 3.02. The molecule has 0 spiro atoms. The average molecular weight is 289 g/mol. The number of hydrogen-bond acceptors (Lipinski definition) is 3. The summed E-state index contributed by atoms with van der Waals surface area (Å²) in [5, 5.41) is 8.71. The van der Waals surface area contributed by atoms with E-state index in [1.807, 2.05) is 18.2 Å². The molecule has 0 aromatic heterocycles. The van der Waals surface area contributed by atoms with Crippen molar-refractivity contribution in [2.24, 2.45) is 5.41 Å². The summed E-state index contributed by atoms with van der Waals surface area (Å²) in [5.74, 6) is -0.0826. The van der Waals surface area contributed by atoms with Crippen LogP contribution in [0.15, 0.2) is 24.3 Å². The fourth-order valence-electron chi connectivity index (χ4n) is 2.79. The highest BCUT2D eigenvalue weighted by atomic mass is 16.5. The number of benzene rings is 1. The molecule has 114 valence electrons. The van der Waals surface area contributed by atoms with E-state index >= 15 is 0 Å². The molecule has 1 heterocycles. The van der Waals surface area contributed by atoms with Crippen LogP contribution in [0.1, 0.15) is 31.4 Å². The fourth-order valence-corrected chi connectivity index (χ4v) is 2.79. The van der Waals surface area contributed by atoms with E-state index in [9.17, 15) is 4.79 Å². The number of carboxylic acids is 1. The number of likely N-dealkylation sites (tertiary alicyclic amines) is 1. The van der Waals surface area contributed by atoms with Gasteiger partial charge in [-0.2, -0.15) is 0 Å². The zero-order valence-electron chi connectivity index (χ0n) is 12.9. The molecule has 1 aliphatic rings. The predicted molar refractivity (Wildman–Crippen MR) is 83.3 cm³/mol. The molecule has 1 N–H and O–H groups in total. The van der Waals surface area contributed by atoms with Crippen LogP contribution in [0.4, 0.5) is 0 Å². The van der Waals surface area contributed by atoms with E-state index < -0.39 is 5.97 Å². The number of carbonyl (C=O) groups is 1. The van der Waals surface area contributed by atoms with Crippen molar-refractivity contribution in [3.05, 3.63) is 35.4 Å². The summed E-state index contributed by atoms with van der Waals surface area (Å²) in [4.78, 5) is 13.0. The van der Waals surface area contributed by atoms with Crippen molar-refractivity contribution in [1.82, 2.24) is 4.90 Å². The third-order valence-electron chi connectivity index (χ3n) is 3.87. The molecule has 21 heavy (non-hydrogen) atoms. The van der Waals surface area contributed by atoms with Crippen LogP contribution in [-0.4, -0.2) is 36.2 Å². The summed E-state index contributed by atoms with van der Waals surface area (Å²) >= 11 is 0. The van der Waals surface area contributed by atoms with Gasteiger partial charge in [-0.25, -0.2) is 4.79 Å². The molecular weight excluding hydrogens is 266 g/mol. The molecule has 1 aromatic carbocycles. The Labute approximate surface area is 126 Å². The van der Waals surface area contributed by atoms with Crippen LogP contribution in [0.25, 0.3) is 6.08 Å². The average Bonchev–Trinajstić information content (AvgIpc) is 2.76. The first-order valence-electron chi connectivity index (χ1n) is 7.20. The molecule has 1 aromatic rings. The molecule has 0 unspecified atom stereocenters. The zero-order valence-corrected chi connectivity index (χ0v) is 12.9. The summed E-state index contributed by atoms with van der Waals surface area (Å²) in [6.45, 7) is 7.57. The van der Waals surface area contributed by atoms with Crippen LogP contribution >= 0.6 is 0 Å². The van der Waals surface area contributed by atoms with Crippen molar-refractivity contribution >= 4 is 12.0 Å². The molecule has 0 saturated carbocycles. The highest BCUT2D eigenvalue weighted by Crippen LogP contribution is 2.31. The largest absolute Gasteiger partial charge is 0.496 e. The van der Waals surface area contributed by atoms with Gasteiger partial charge in [-0.3, -0.25) is 4.90 Å². The van der Waals surface area contributed by atoms with Gasteiger partial charge in [0.2, 0.25) is 0 Å². The Balaban J connectivity index is 2.16. The maximum atomic E-state index is 10.6. The molecule has 1 aliphatic heterocycles. The van der Waals surface area contributed by atoms with E-state index in [1.165, 1.54) is 6.42 Å². The lowest BCUT2D eigenvalue weighted by atomic mass is 9.93. The van der Waals surface area contributed by atoms with Crippen molar-refractivity contribution < 1.29 is 14.6 Å². The lowest BCUT2D eigenvalue weighted by molar-refractivity contribution is -0.131. The minimum absolute atomic E-state index is 0.369. The monoisotopic (exact) mass is 289 g/mol. The second-order valence-electron chi connectivity index (χ2n) is 6.37. The molecule has 0 radical (unpaired) electrons. The van der Waals surface area contributed by atoms with E-state index in [1.54, 1.807) is 13.2 Å². The Bertz CT molecular complexity index is 549. The van der Waals surface area contributed by atoms with Crippen molar-refractivity contribution in [3.63, 3.8) is 0 Å². The number of carboxylic acid groups (broad SMARTS) is 1. The maximum absolute atomic E-state index is 10.6. The van der Waals surface area contributed by atoms with Crippen LogP contribution in [-0.2, 0) is 11.3 Å². The minimum Gasteiger partial charge on any atom is -0.496 e. The van der Waals surface area contributed by atoms with Gasteiger partial charge < -0.3 is 9.84 Å². The quantitative estimate of drug-likeness (QED) is 0.847. The summed E-state index contributed by atoms with van der Waals surface area (Å²) < 4.78 is 5.42. The summed E-state index contributed by atoms with van der Waals surface area (Å²) in [6, 6.07) is 5.78. The standard InChI is InChI=1S/C17H23NO3/c1-17(2)8-9-18(12-17)11-14-10-13(5-7-16(19)20)4-6-15(14)21-3/h4-7,10H,8-9,11-12H2,1-3H3,(H,19,20)/b7-5+. The van der Waals surface area contributed by atoms with Gasteiger partial charge in [-0.15, -0.1) is 0 Å². The van der Waals surface area contributed by atoms with Crippen LogP contribution in [0, 0.1) is 5.41 Å². The Hall–Kier alpha value is -1.81. The van der Waals surface area contributed by atoms with Crippen molar-refractivity contribution in [3.8, 4) is 5.75 Å². The van der Waals surface area contributed by atoms with Crippen molar-refractivity contribution in [2.75, 3.05) is 20.2 Å². The number of nitrogens with zero attached hydrogens (tertiary/aromatic N) is 1. The zero-order chi connectivity index (χ0) is 15.5. The van der Waals surface area contributed by atoms with E-state index in [-0.39, 0.29) is 0 Å². The van der Waals surface area contributed by atoms with Gasteiger partial charge in [-0.1, -0.05) is 19.9 Å². The van der Waals surface area contributed by atoms with E-state index in [2.05, 4.69) is 18.7 Å². The smallest absolute Gasteiger partial charge is 0.328 e. The highest BCUT2D eigenvalue weighted by molar-refractivity contribution is 5.85. The SMILES string of the molecule is COc1ccc(/C=C/C(=O)O)cc1CN1CCC(C)(C)C1. The lowest BCUT2D eigenvalue weighted by Crippen LogP contribution is -2.23. The topological polar surface area (TPSA) is 49.8 Å². The molecule has 0 amide bonds. The van der Waals surface area contributed by atoms with Crippen LogP contribution in [0.2, 0.25) is 0 Å². The molecular formula is C17H23NO3. The van der Waals surface area contributed by atoms with Crippen LogP contribution < -0.4 is 4.74 Å². The molecule has 4 heteroatoms. The first-order valence-corrected chi connectivity index (χ1v) is 7.20. The molecule has 0 aliphatic carbocycles.